The SMILES string of the molecule is Cc1ccc(C(Br)c2ccc(Cl)c(Br)c2)s1. The van der Waals surface area contributed by atoms with Crippen molar-refractivity contribution in [2.24, 2.45) is 0 Å². The van der Waals surface area contributed by atoms with Gasteiger partial charge in [0.15, 0.2) is 0 Å². The van der Waals surface area contributed by atoms with Gasteiger partial charge in [-0.1, -0.05) is 33.6 Å². The number of halogens is 3. The molecule has 1 heterocycles. The zero-order valence-corrected chi connectivity index (χ0v) is 13.3. The fourth-order valence-corrected chi connectivity index (χ4v) is 3.54. The highest BCUT2D eigenvalue weighted by atomic mass is 79.9. The van der Waals surface area contributed by atoms with E-state index in [0.29, 0.717) is 0 Å². The normalized spacial score (nSPS) is 12.8. The Kier molecular flexibility index (Phi) is 4.11. The summed E-state index contributed by atoms with van der Waals surface area (Å²) < 4.78 is 0.935. The first-order valence-corrected chi connectivity index (χ1v) is 7.63. The second-order valence-corrected chi connectivity index (χ2v) is 6.98. The van der Waals surface area contributed by atoms with Crippen LogP contribution in [0.15, 0.2) is 34.8 Å². The maximum Gasteiger partial charge on any atom is 0.0738 e. The van der Waals surface area contributed by atoms with Crippen LogP contribution in [0.3, 0.4) is 0 Å². The highest BCUT2D eigenvalue weighted by Gasteiger charge is 2.13. The molecule has 4 heteroatoms. The summed E-state index contributed by atoms with van der Waals surface area (Å²) in [5, 5.41) is 0.741. The smallest absolute Gasteiger partial charge is 0.0738 e. The second kappa shape index (κ2) is 5.21. The standard InChI is InChI=1S/C12H9Br2ClS/c1-7-2-5-11(16-7)12(14)8-3-4-10(15)9(13)6-8/h2-6,12H,1H3. The van der Waals surface area contributed by atoms with E-state index in [2.05, 4.69) is 57.0 Å². The summed E-state index contributed by atoms with van der Waals surface area (Å²) in [6.07, 6.45) is 0. The molecule has 0 aliphatic rings. The van der Waals surface area contributed by atoms with Gasteiger partial charge in [-0.3, -0.25) is 0 Å². The first-order valence-electron chi connectivity index (χ1n) is 4.73. The molecule has 0 spiro atoms. The molecule has 0 nitrogen and oxygen atoms in total. The van der Waals surface area contributed by atoms with Gasteiger partial charge in [-0.2, -0.15) is 0 Å². The van der Waals surface area contributed by atoms with Crippen molar-refractivity contribution in [3.8, 4) is 0 Å². The van der Waals surface area contributed by atoms with E-state index in [0.717, 1.165) is 9.50 Å². The lowest BCUT2D eigenvalue weighted by Crippen LogP contribution is -1.89. The maximum absolute atomic E-state index is 5.98. The quantitative estimate of drug-likeness (QED) is 0.564. The van der Waals surface area contributed by atoms with Crippen molar-refractivity contribution in [2.45, 2.75) is 11.8 Å². The summed E-state index contributed by atoms with van der Waals surface area (Å²) in [5.41, 5.74) is 1.21. The zero-order chi connectivity index (χ0) is 11.7. The van der Waals surface area contributed by atoms with Gasteiger partial charge in [0.2, 0.25) is 0 Å². The van der Waals surface area contributed by atoms with E-state index in [1.807, 2.05) is 12.1 Å². The van der Waals surface area contributed by atoms with E-state index in [1.165, 1.54) is 15.3 Å². The first-order chi connectivity index (χ1) is 7.58. The van der Waals surface area contributed by atoms with Crippen LogP contribution in [-0.2, 0) is 0 Å². The molecule has 0 saturated heterocycles. The lowest BCUT2D eigenvalue weighted by molar-refractivity contribution is 1.22. The van der Waals surface area contributed by atoms with Crippen LogP contribution in [-0.4, -0.2) is 0 Å². The molecular weight excluding hydrogens is 371 g/mol. The van der Waals surface area contributed by atoms with Gasteiger partial charge >= 0.3 is 0 Å². The number of benzene rings is 1. The number of thiophene rings is 1. The Morgan fingerprint density at radius 1 is 1.25 bits per heavy atom. The molecule has 0 radical (unpaired) electrons. The Hall–Kier alpha value is 0.170. The fraction of sp³-hybridized carbons (Fsp3) is 0.167. The van der Waals surface area contributed by atoms with Crippen molar-refractivity contribution in [3.05, 3.63) is 55.1 Å². The third-order valence-corrected chi connectivity index (χ3v) is 5.85. The van der Waals surface area contributed by atoms with E-state index < -0.39 is 0 Å². The van der Waals surface area contributed by atoms with E-state index in [9.17, 15) is 0 Å². The number of aryl methyl sites for hydroxylation is 1. The lowest BCUT2D eigenvalue weighted by atomic mass is 10.1. The molecule has 0 saturated carbocycles. The molecule has 1 aromatic carbocycles. The Bertz CT molecular complexity index is 507. The van der Waals surface area contributed by atoms with Gasteiger partial charge in [0.1, 0.15) is 0 Å². The summed E-state index contributed by atoms with van der Waals surface area (Å²) in [4.78, 5) is 2.87. The molecule has 0 N–H and O–H groups in total. The molecule has 0 fully saturated rings. The molecule has 16 heavy (non-hydrogen) atoms. The zero-order valence-electron chi connectivity index (χ0n) is 8.51. The van der Waals surface area contributed by atoms with E-state index in [-0.39, 0.29) is 4.83 Å². The average Bonchev–Trinajstić information content (AvgIpc) is 2.68. The van der Waals surface area contributed by atoms with E-state index >= 15 is 0 Å². The molecule has 0 bridgehead atoms. The predicted octanol–water partition coefficient (Wildman–Crippen LogP) is 5.96. The van der Waals surface area contributed by atoms with Crippen LogP contribution in [0.5, 0.6) is 0 Å². The summed E-state index contributed by atoms with van der Waals surface area (Å²) in [6.45, 7) is 2.12. The molecule has 0 aliphatic heterocycles. The number of hydrogen-bond acceptors (Lipinski definition) is 1. The molecule has 2 rings (SSSR count). The Labute approximate surface area is 121 Å². The van der Waals surface area contributed by atoms with Crippen LogP contribution in [0.1, 0.15) is 20.1 Å². The van der Waals surface area contributed by atoms with Crippen molar-refractivity contribution in [1.82, 2.24) is 0 Å². The molecule has 0 amide bonds. The van der Waals surface area contributed by atoms with Crippen LogP contribution >= 0.6 is 54.8 Å². The molecule has 2 aromatic rings. The summed E-state index contributed by atoms with van der Waals surface area (Å²) >= 11 is 14.9. The van der Waals surface area contributed by atoms with E-state index in [4.69, 9.17) is 11.6 Å². The van der Waals surface area contributed by atoms with Gasteiger partial charge in [0.05, 0.1) is 9.85 Å². The van der Waals surface area contributed by atoms with Crippen LogP contribution in [0.25, 0.3) is 0 Å². The third kappa shape index (κ3) is 2.70. The van der Waals surface area contributed by atoms with Crippen molar-refractivity contribution in [1.29, 1.82) is 0 Å². The lowest BCUT2D eigenvalue weighted by Gasteiger charge is -2.09. The van der Waals surface area contributed by atoms with Gasteiger partial charge in [0.25, 0.3) is 0 Å². The summed E-state index contributed by atoms with van der Waals surface area (Å²) in [7, 11) is 0. The predicted molar refractivity (Wildman–Crippen MR) is 79.0 cm³/mol. The molecular formula is C12H9Br2ClS. The first kappa shape index (κ1) is 12.6. The monoisotopic (exact) mass is 378 g/mol. The third-order valence-electron chi connectivity index (χ3n) is 2.25. The Balaban J connectivity index is 2.33. The number of rotatable bonds is 2. The Morgan fingerprint density at radius 3 is 2.56 bits per heavy atom. The largest absolute Gasteiger partial charge is 0.144 e. The van der Waals surface area contributed by atoms with Gasteiger partial charge in [-0.25, -0.2) is 0 Å². The number of alkyl halides is 1. The summed E-state index contributed by atoms with van der Waals surface area (Å²) in [5.74, 6) is 0. The highest BCUT2D eigenvalue weighted by Crippen LogP contribution is 2.37. The molecule has 1 unspecified atom stereocenters. The van der Waals surface area contributed by atoms with Crippen LogP contribution in [0.2, 0.25) is 5.02 Å². The molecule has 1 aromatic heterocycles. The minimum absolute atomic E-state index is 0.236. The van der Waals surface area contributed by atoms with Crippen molar-refractivity contribution >= 4 is 54.8 Å². The summed E-state index contributed by atoms with van der Waals surface area (Å²) in [6, 6.07) is 10.3. The maximum atomic E-state index is 5.98. The highest BCUT2D eigenvalue weighted by molar-refractivity contribution is 9.10. The van der Waals surface area contributed by atoms with Gasteiger partial charge in [-0.05, 0) is 52.7 Å². The average molecular weight is 381 g/mol. The van der Waals surface area contributed by atoms with Crippen molar-refractivity contribution < 1.29 is 0 Å². The van der Waals surface area contributed by atoms with Gasteiger partial charge in [-0.15, -0.1) is 11.3 Å². The second-order valence-electron chi connectivity index (χ2n) is 3.48. The van der Waals surface area contributed by atoms with Gasteiger partial charge < -0.3 is 0 Å². The minimum Gasteiger partial charge on any atom is -0.144 e. The molecule has 1 atom stereocenters. The minimum atomic E-state index is 0.236. The van der Waals surface area contributed by atoms with Crippen molar-refractivity contribution in [3.63, 3.8) is 0 Å². The van der Waals surface area contributed by atoms with Crippen LogP contribution in [0.4, 0.5) is 0 Å². The number of hydrogen-bond donors (Lipinski definition) is 0. The van der Waals surface area contributed by atoms with Crippen molar-refractivity contribution in [2.75, 3.05) is 0 Å². The van der Waals surface area contributed by atoms with Gasteiger partial charge in [0, 0.05) is 14.2 Å². The fourth-order valence-electron chi connectivity index (χ4n) is 1.42. The molecule has 84 valence electrons. The molecule has 0 aliphatic carbocycles. The van der Waals surface area contributed by atoms with E-state index in [1.54, 1.807) is 11.3 Å². The Morgan fingerprint density at radius 2 is 2.00 bits per heavy atom. The van der Waals surface area contributed by atoms with Crippen LogP contribution in [0, 0.1) is 6.92 Å². The van der Waals surface area contributed by atoms with Crippen LogP contribution < -0.4 is 0 Å². The topological polar surface area (TPSA) is 0 Å².